The first-order valence-corrected chi connectivity index (χ1v) is 8.85. The molecule has 0 unspecified atom stereocenters. The van der Waals surface area contributed by atoms with Crippen LogP contribution in [0.4, 0.5) is 5.69 Å². The summed E-state index contributed by atoms with van der Waals surface area (Å²) in [6.07, 6.45) is 3.43. The van der Waals surface area contributed by atoms with Crippen molar-refractivity contribution in [2.24, 2.45) is 0 Å². The van der Waals surface area contributed by atoms with Crippen LogP contribution in [0.2, 0.25) is 5.02 Å². The van der Waals surface area contributed by atoms with E-state index in [4.69, 9.17) is 33.0 Å². The van der Waals surface area contributed by atoms with E-state index in [9.17, 15) is 0 Å². The van der Waals surface area contributed by atoms with Gasteiger partial charge < -0.3 is 19.4 Å². The van der Waals surface area contributed by atoms with Crippen LogP contribution in [-0.2, 0) is 0 Å². The number of thiocarbonyl (C=S) groups is 1. The number of furan rings is 1. The van der Waals surface area contributed by atoms with Crippen LogP contribution in [-0.4, -0.2) is 17.2 Å². The minimum absolute atomic E-state index is 0.143. The summed E-state index contributed by atoms with van der Waals surface area (Å²) in [6, 6.07) is 14.9. The Morgan fingerprint density at radius 3 is 2.77 bits per heavy atom. The predicted octanol–water partition coefficient (Wildman–Crippen LogP) is 4.51. The summed E-state index contributed by atoms with van der Waals surface area (Å²) in [5.74, 6) is 1.41. The molecule has 1 aliphatic heterocycles. The first kappa shape index (κ1) is 16.9. The second kappa shape index (κ2) is 6.97. The van der Waals surface area contributed by atoms with Crippen LogP contribution < -0.4 is 15.0 Å². The van der Waals surface area contributed by atoms with Crippen molar-refractivity contribution < 1.29 is 9.15 Å². The van der Waals surface area contributed by atoms with Gasteiger partial charge in [-0.05, 0) is 54.7 Å². The zero-order chi connectivity index (χ0) is 18.1. The van der Waals surface area contributed by atoms with Gasteiger partial charge in [-0.2, -0.15) is 0 Å². The summed E-state index contributed by atoms with van der Waals surface area (Å²) in [4.78, 5) is 6.49. The molecule has 5 nitrogen and oxygen atoms in total. The number of hydrogen-bond donors (Lipinski definition) is 1. The van der Waals surface area contributed by atoms with Gasteiger partial charge in [0, 0.05) is 11.9 Å². The van der Waals surface area contributed by atoms with E-state index in [0.717, 1.165) is 17.1 Å². The van der Waals surface area contributed by atoms with Crippen molar-refractivity contribution in [2.75, 3.05) is 12.0 Å². The lowest BCUT2D eigenvalue weighted by Gasteiger charge is -2.26. The second-order valence-electron chi connectivity index (χ2n) is 5.83. The highest BCUT2D eigenvalue weighted by Gasteiger charge is 2.42. The number of nitrogens with zero attached hydrogens (tertiary/aromatic N) is 2. The third-order valence-corrected chi connectivity index (χ3v) is 4.96. The van der Waals surface area contributed by atoms with Gasteiger partial charge in [0.15, 0.2) is 5.11 Å². The fourth-order valence-electron chi connectivity index (χ4n) is 3.19. The van der Waals surface area contributed by atoms with E-state index in [0.29, 0.717) is 15.9 Å². The van der Waals surface area contributed by atoms with Crippen molar-refractivity contribution >= 4 is 34.6 Å². The van der Waals surface area contributed by atoms with Crippen LogP contribution >= 0.6 is 23.8 Å². The Bertz CT molecular complexity index is 918. The van der Waals surface area contributed by atoms with Crippen molar-refractivity contribution in [3.63, 3.8) is 0 Å². The molecule has 0 amide bonds. The first-order chi connectivity index (χ1) is 12.7. The topological polar surface area (TPSA) is 50.5 Å². The molecule has 7 heteroatoms. The molecule has 26 heavy (non-hydrogen) atoms. The van der Waals surface area contributed by atoms with Gasteiger partial charge in [0.2, 0.25) is 0 Å². The molecule has 0 spiro atoms. The lowest BCUT2D eigenvalue weighted by Crippen LogP contribution is -2.29. The summed E-state index contributed by atoms with van der Waals surface area (Å²) in [5, 5.41) is 4.47. The summed E-state index contributed by atoms with van der Waals surface area (Å²) in [6.45, 7) is 0. The van der Waals surface area contributed by atoms with Gasteiger partial charge in [-0.3, -0.25) is 4.98 Å². The first-order valence-electron chi connectivity index (χ1n) is 8.06. The zero-order valence-corrected chi connectivity index (χ0v) is 15.5. The summed E-state index contributed by atoms with van der Waals surface area (Å²) in [5.41, 5.74) is 1.74. The summed E-state index contributed by atoms with van der Waals surface area (Å²) < 4.78 is 11.0. The van der Waals surface area contributed by atoms with E-state index >= 15 is 0 Å². The average Bonchev–Trinajstić information content (AvgIpc) is 3.30. The van der Waals surface area contributed by atoms with Crippen LogP contribution in [0, 0.1) is 0 Å². The Morgan fingerprint density at radius 2 is 2.12 bits per heavy atom. The molecule has 0 saturated carbocycles. The van der Waals surface area contributed by atoms with Crippen molar-refractivity contribution in [2.45, 2.75) is 12.1 Å². The number of pyridine rings is 1. The van der Waals surface area contributed by atoms with Crippen molar-refractivity contribution in [1.29, 1.82) is 0 Å². The van der Waals surface area contributed by atoms with Gasteiger partial charge in [0.05, 0.1) is 30.1 Å². The summed E-state index contributed by atoms with van der Waals surface area (Å²) in [7, 11) is 1.59. The smallest absolute Gasteiger partial charge is 0.174 e. The average molecular weight is 386 g/mol. The van der Waals surface area contributed by atoms with E-state index in [2.05, 4.69) is 10.3 Å². The normalized spacial score (nSPS) is 19.5. The van der Waals surface area contributed by atoms with Gasteiger partial charge in [-0.25, -0.2) is 0 Å². The third-order valence-electron chi connectivity index (χ3n) is 4.35. The highest BCUT2D eigenvalue weighted by atomic mass is 35.5. The van der Waals surface area contributed by atoms with Crippen molar-refractivity contribution in [1.82, 2.24) is 10.3 Å². The van der Waals surface area contributed by atoms with Crippen LogP contribution in [0.15, 0.2) is 65.4 Å². The standard InChI is InChI=1S/C19H16ClN3O2S/c1-24-15-8-7-12(11-13(15)20)23-18(16-6-4-10-25-16)17(22-19(23)26)14-5-2-3-9-21-14/h2-11,17-18H,1H3,(H,22,26)/t17-,18-/m0/s1. The van der Waals surface area contributed by atoms with Crippen molar-refractivity contribution in [3.05, 3.63) is 77.5 Å². The van der Waals surface area contributed by atoms with E-state index in [-0.39, 0.29) is 12.1 Å². The van der Waals surface area contributed by atoms with E-state index in [1.807, 2.05) is 53.4 Å². The number of rotatable bonds is 4. The number of nitrogens with one attached hydrogen (secondary N) is 1. The molecule has 1 aliphatic rings. The van der Waals surface area contributed by atoms with E-state index in [1.165, 1.54) is 0 Å². The zero-order valence-electron chi connectivity index (χ0n) is 13.9. The maximum atomic E-state index is 6.33. The van der Waals surface area contributed by atoms with Gasteiger partial charge in [-0.15, -0.1) is 0 Å². The molecule has 0 radical (unpaired) electrons. The SMILES string of the molecule is COc1ccc(N2C(=S)N[C@@H](c3ccccn3)[C@@H]2c2ccco2)cc1Cl. The largest absolute Gasteiger partial charge is 0.495 e. The molecule has 2 atom stereocenters. The van der Waals surface area contributed by atoms with Crippen LogP contribution in [0.1, 0.15) is 23.5 Å². The highest BCUT2D eigenvalue weighted by Crippen LogP contribution is 2.42. The molecule has 0 aliphatic carbocycles. The molecule has 3 heterocycles. The molecule has 132 valence electrons. The Hall–Kier alpha value is -2.57. The fraction of sp³-hybridized carbons (Fsp3) is 0.158. The molecule has 0 bridgehead atoms. The maximum Gasteiger partial charge on any atom is 0.174 e. The molecule has 1 fully saturated rings. The minimum atomic E-state index is -0.183. The monoisotopic (exact) mass is 385 g/mol. The maximum absolute atomic E-state index is 6.33. The number of halogens is 1. The Balaban J connectivity index is 1.80. The van der Waals surface area contributed by atoms with Gasteiger partial charge in [-0.1, -0.05) is 17.7 Å². The molecule has 1 N–H and O–H groups in total. The fourth-order valence-corrected chi connectivity index (χ4v) is 3.78. The number of aromatic nitrogens is 1. The Morgan fingerprint density at radius 1 is 1.23 bits per heavy atom. The van der Waals surface area contributed by atoms with E-state index in [1.54, 1.807) is 19.6 Å². The molecule has 3 aromatic rings. The number of hydrogen-bond acceptors (Lipinski definition) is 4. The number of benzene rings is 1. The summed E-state index contributed by atoms with van der Waals surface area (Å²) >= 11 is 12.0. The van der Waals surface area contributed by atoms with Crippen LogP contribution in [0.3, 0.4) is 0 Å². The van der Waals surface area contributed by atoms with Gasteiger partial charge in [0.1, 0.15) is 17.6 Å². The van der Waals surface area contributed by atoms with Gasteiger partial charge in [0.25, 0.3) is 0 Å². The second-order valence-corrected chi connectivity index (χ2v) is 6.62. The number of ether oxygens (including phenoxy) is 1. The lowest BCUT2D eigenvalue weighted by molar-refractivity contribution is 0.415. The molecule has 4 rings (SSSR count). The lowest BCUT2D eigenvalue weighted by atomic mass is 10.0. The van der Waals surface area contributed by atoms with Crippen molar-refractivity contribution in [3.8, 4) is 5.75 Å². The van der Waals surface area contributed by atoms with Gasteiger partial charge >= 0.3 is 0 Å². The van der Waals surface area contributed by atoms with Crippen LogP contribution in [0.25, 0.3) is 0 Å². The highest BCUT2D eigenvalue weighted by molar-refractivity contribution is 7.80. The Kier molecular flexibility index (Phi) is 4.53. The predicted molar refractivity (Wildman–Crippen MR) is 105 cm³/mol. The minimum Gasteiger partial charge on any atom is -0.495 e. The quantitative estimate of drug-likeness (QED) is 0.667. The molecule has 1 aromatic carbocycles. The van der Waals surface area contributed by atoms with Crippen LogP contribution in [0.5, 0.6) is 5.75 Å². The Labute approximate surface area is 161 Å². The molecule has 1 saturated heterocycles. The number of anilines is 1. The molecular weight excluding hydrogens is 370 g/mol. The number of methoxy groups -OCH3 is 1. The molecular formula is C19H16ClN3O2S. The molecule has 2 aromatic heterocycles. The van der Waals surface area contributed by atoms with E-state index < -0.39 is 0 Å². The third kappa shape index (κ3) is 2.91.